The third kappa shape index (κ3) is 4.57. The fraction of sp³-hybridized carbons (Fsp3) is 0.0952. The van der Waals surface area contributed by atoms with Crippen molar-refractivity contribution in [2.45, 2.75) is 5.66 Å². The van der Waals surface area contributed by atoms with Crippen LogP contribution < -0.4 is 9.05 Å². The van der Waals surface area contributed by atoms with Crippen LogP contribution in [0.1, 0.15) is 11.2 Å². The molecule has 0 aromatic heterocycles. The molecule has 0 amide bonds. The summed E-state index contributed by atoms with van der Waals surface area (Å²) in [5, 5.41) is 0. The Morgan fingerprint density at radius 2 is 1.15 bits per heavy atom. The maximum Gasteiger partial charge on any atom is 0.449 e. The summed E-state index contributed by atoms with van der Waals surface area (Å²) in [6.45, 7) is 0. The highest BCUT2D eigenvalue weighted by Crippen LogP contribution is 2.60. The molecule has 0 saturated heterocycles. The number of ether oxygens (including phenoxy) is 1. The second-order valence-corrected chi connectivity index (χ2v) is 7.65. The molecule has 0 aliphatic heterocycles. The van der Waals surface area contributed by atoms with Gasteiger partial charge < -0.3 is 13.8 Å². The number of esters is 1. The van der Waals surface area contributed by atoms with Crippen molar-refractivity contribution >= 4 is 13.6 Å². The highest BCUT2D eigenvalue weighted by molar-refractivity contribution is 7.56. The molecule has 0 N–H and O–H groups in total. The van der Waals surface area contributed by atoms with E-state index >= 15 is 0 Å². The first kappa shape index (κ1) is 18.7. The molecular formula is C21H19O5P. The van der Waals surface area contributed by atoms with E-state index in [-0.39, 0.29) is 0 Å². The Balaban J connectivity index is 2.08. The van der Waals surface area contributed by atoms with Gasteiger partial charge in [-0.1, -0.05) is 66.7 Å². The van der Waals surface area contributed by atoms with E-state index in [0.717, 1.165) is 0 Å². The second kappa shape index (κ2) is 8.56. The minimum Gasteiger partial charge on any atom is -0.468 e. The van der Waals surface area contributed by atoms with E-state index < -0.39 is 19.2 Å². The molecule has 0 aliphatic rings. The van der Waals surface area contributed by atoms with Crippen LogP contribution in [-0.2, 0) is 14.1 Å². The zero-order chi connectivity index (χ0) is 19.1. The molecule has 0 bridgehead atoms. The molecule has 27 heavy (non-hydrogen) atoms. The van der Waals surface area contributed by atoms with Crippen LogP contribution in [0.3, 0.4) is 0 Å². The Labute approximate surface area is 158 Å². The van der Waals surface area contributed by atoms with Gasteiger partial charge in [-0.05, 0) is 29.8 Å². The Morgan fingerprint density at radius 1 is 0.741 bits per heavy atom. The van der Waals surface area contributed by atoms with Crippen molar-refractivity contribution in [2.75, 3.05) is 7.11 Å². The van der Waals surface area contributed by atoms with Gasteiger partial charge in [0.2, 0.25) is 5.66 Å². The molecular weight excluding hydrogens is 363 g/mol. The van der Waals surface area contributed by atoms with E-state index in [4.69, 9.17) is 13.8 Å². The summed E-state index contributed by atoms with van der Waals surface area (Å²) < 4.78 is 30.4. The van der Waals surface area contributed by atoms with Gasteiger partial charge in [0, 0.05) is 0 Å². The van der Waals surface area contributed by atoms with Crippen molar-refractivity contribution in [3.05, 3.63) is 96.6 Å². The summed E-state index contributed by atoms with van der Waals surface area (Å²) in [5.74, 6) is -0.0282. The summed E-state index contributed by atoms with van der Waals surface area (Å²) in [6.07, 6.45) is 0. The van der Waals surface area contributed by atoms with Crippen LogP contribution in [0.15, 0.2) is 91.0 Å². The van der Waals surface area contributed by atoms with Crippen molar-refractivity contribution < 1.29 is 23.1 Å². The highest BCUT2D eigenvalue weighted by atomic mass is 31.2. The number of rotatable bonds is 7. The first-order valence-corrected chi connectivity index (χ1v) is 9.95. The molecule has 0 aliphatic carbocycles. The number of para-hydroxylation sites is 2. The standard InChI is InChI=1S/C21H19O5P/c1-24-21(22)20(17-11-5-2-6-12-17)27(23,25-18-13-7-3-8-14-18)26-19-15-9-4-10-16-19/h2-16,20H,1H3. The lowest BCUT2D eigenvalue weighted by Crippen LogP contribution is -2.20. The molecule has 3 rings (SSSR count). The normalized spacial score (nSPS) is 12.0. The summed E-state index contributed by atoms with van der Waals surface area (Å²) in [7, 11) is -2.80. The van der Waals surface area contributed by atoms with Crippen molar-refractivity contribution in [2.24, 2.45) is 0 Å². The number of methoxy groups -OCH3 is 1. The Morgan fingerprint density at radius 3 is 1.56 bits per heavy atom. The minimum atomic E-state index is -4.04. The van der Waals surface area contributed by atoms with Crippen LogP contribution in [0.2, 0.25) is 0 Å². The lowest BCUT2D eigenvalue weighted by molar-refractivity contribution is -0.140. The molecule has 1 unspecified atom stereocenters. The van der Waals surface area contributed by atoms with Crippen molar-refractivity contribution in [3.63, 3.8) is 0 Å². The smallest absolute Gasteiger partial charge is 0.449 e. The lowest BCUT2D eigenvalue weighted by Gasteiger charge is -2.26. The predicted octanol–water partition coefficient (Wildman–Crippen LogP) is 5.25. The van der Waals surface area contributed by atoms with Crippen LogP contribution in [-0.4, -0.2) is 13.1 Å². The lowest BCUT2D eigenvalue weighted by atomic mass is 10.1. The summed E-state index contributed by atoms with van der Waals surface area (Å²) in [6, 6.07) is 25.9. The molecule has 0 radical (unpaired) electrons. The number of benzene rings is 3. The summed E-state index contributed by atoms with van der Waals surface area (Å²) in [4.78, 5) is 12.6. The van der Waals surface area contributed by atoms with Crippen LogP contribution in [0.4, 0.5) is 0 Å². The monoisotopic (exact) mass is 382 g/mol. The molecule has 3 aromatic rings. The largest absolute Gasteiger partial charge is 0.468 e. The molecule has 0 heterocycles. The molecule has 0 spiro atoms. The topological polar surface area (TPSA) is 61.8 Å². The fourth-order valence-electron chi connectivity index (χ4n) is 2.58. The number of hydrogen-bond donors (Lipinski definition) is 0. The summed E-state index contributed by atoms with van der Waals surface area (Å²) >= 11 is 0. The van der Waals surface area contributed by atoms with E-state index in [1.165, 1.54) is 7.11 Å². The quantitative estimate of drug-likeness (QED) is 0.412. The van der Waals surface area contributed by atoms with E-state index in [9.17, 15) is 9.36 Å². The SMILES string of the molecule is COC(=O)C(c1ccccc1)P(=O)(Oc1ccccc1)Oc1ccccc1. The Bertz CT molecular complexity index is 868. The molecule has 0 fully saturated rings. The number of carbonyl (C=O) groups excluding carboxylic acids is 1. The molecule has 3 aromatic carbocycles. The van der Waals surface area contributed by atoms with Gasteiger partial charge in [0.05, 0.1) is 7.11 Å². The molecule has 6 heteroatoms. The van der Waals surface area contributed by atoms with Gasteiger partial charge in [-0.15, -0.1) is 0 Å². The van der Waals surface area contributed by atoms with Crippen LogP contribution >= 0.6 is 7.60 Å². The first-order chi connectivity index (χ1) is 13.1. The van der Waals surface area contributed by atoms with Gasteiger partial charge in [0.1, 0.15) is 11.5 Å². The van der Waals surface area contributed by atoms with Crippen LogP contribution in [0.25, 0.3) is 0 Å². The highest BCUT2D eigenvalue weighted by Gasteiger charge is 2.46. The Kier molecular flexibility index (Phi) is 5.94. The summed E-state index contributed by atoms with van der Waals surface area (Å²) in [5.41, 5.74) is -0.747. The molecule has 138 valence electrons. The molecule has 0 saturated carbocycles. The van der Waals surface area contributed by atoms with Crippen molar-refractivity contribution in [3.8, 4) is 11.5 Å². The third-order valence-electron chi connectivity index (χ3n) is 3.81. The average molecular weight is 382 g/mol. The van der Waals surface area contributed by atoms with Gasteiger partial charge in [-0.3, -0.25) is 4.79 Å². The fourth-order valence-corrected chi connectivity index (χ4v) is 4.56. The van der Waals surface area contributed by atoms with Crippen LogP contribution in [0.5, 0.6) is 11.5 Å². The maximum absolute atomic E-state index is 13.9. The second-order valence-electron chi connectivity index (χ2n) is 5.68. The first-order valence-electron chi connectivity index (χ1n) is 8.34. The minimum absolute atomic E-state index is 0.335. The predicted molar refractivity (Wildman–Crippen MR) is 103 cm³/mol. The van der Waals surface area contributed by atoms with E-state index in [1.54, 1.807) is 78.9 Å². The van der Waals surface area contributed by atoms with Gasteiger partial charge in [0.15, 0.2) is 0 Å². The van der Waals surface area contributed by atoms with Crippen molar-refractivity contribution in [1.29, 1.82) is 0 Å². The third-order valence-corrected chi connectivity index (χ3v) is 5.88. The zero-order valence-electron chi connectivity index (χ0n) is 14.7. The van der Waals surface area contributed by atoms with Gasteiger partial charge in [-0.25, -0.2) is 4.57 Å². The van der Waals surface area contributed by atoms with Gasteiger partial charge >= 0.3 is 13.6 Å². The number of carbonyl (C=O) groups is 1. The molecule has 5 nitrogen and oxygen atoms in total. The van der Waals surface area contributed by atoms with Crippen LogP contribution in [0, 0.1) is 0 Å². The van der Waals surface area contributed by atoms with E-state index in [1.807, 2.05) is 12.1 Å². The van der Waals surface area contributed by atoms with E-state index in [0.29, 0.717) is 17.1 Å². The van der Waals surface area contributed by atoms with Gasteiger partial charge in [0.25, 0.3) is 0 Å². The van der Waals surface area contributed by atoms with Gasteiger partial charge in [-0.2, -0.15) is 0 Å². The van der Waals surface area contributed by atoms with E-state index in [2.05, 4.69) is 0 Å². The maximum atomic E-state index is 13.9. The molecule has 1 atom stereocenters. The number of hydrogen-bond acceptors (Lipinski definition) is 5. The Hall–Kier alpha value is -3.04. The zero-order valence-corrected chi connectivity index (χ0v) is 15.6. The van der Waals surface area contributed by atoms with Crippen molar-refractivity contribution in [1.82, 2.24) is 0 Å². The average Bonchev–Trinajstić information content (AvgIpc) is 2.70.